The number of hydrogen-bond acceptors (Lipinski definition) is 3. The van der Waals surface area contributed by atoms with Gasteiger partial charge >= 0.3 is 11.9 Å². The minimum Gasteiger partial charge on any atom is -0.479 e. The molecule has 1 unspecified atom stereocenters. The van der Waals surface area contributed by atoms with Crippen LogP contribution < -0.4 is 0 Å². The first kappa shape index (κ1) is 15.2. The zero-order chi connectivity index (χ0) is 14.6. The molecule has 0 fully saturated rings. The highest BCUT2D eigenvalue weighted by Gasteiger charge is 2.21. The fourth-order valence-electron chi connectivity index (χ4n) is 1.61. The van der Waals surface area contributed by atoms with E-state index in [1.807, 2.05) is 12.1 Å². The summed E-state index contributed by atoms with van der Waals surface area (Å²) in [5.74, 6) is -1.73. The molecule has 1 aromatic carbocycles. The third kappa shape index (κ3) is 4.09. The van der Waals surface area contributed by atoms with Crippen molar-refractivity contribution >= 4 is 11.9 Å². The summed E-state index contributed by atoms with van der Waals surface area (Å²) in [5.41, 5.74) is 1.48. The van der Waals surface area contributed by atoms with E-state index < -0.39 is 18.0 Å². The monoisotopic (exact) mass is 264 g/mol. The molecule has 0 aliphatic heterocycles. The van der Waals surface area contributed by atoms with E-state index in [0.29, 0.717) is 5.56 Å². The van der Waals surface area contributed by atoms with Gasteiger partial charge in [0.25, 0.3) is 0 Å². The van der Waals surface area contributed by atoms with Gasteiger partial charge in [-0.3, -0.25) is 0 Å². The fourth-order valence-corrected chi connectivity index (χ4v) is 1.61. The number of carbonyl (C=O) groups excluding carboxylic acids is 1. The molecule has 1 N–H and O–H groups in total. The highest BCUT2D eigenvalue weighted by atomic mass is 16.6. The maximum Gasteiger partial charge on any atom is 0.345 e. The van der Waals surface area contributed by atoms with Gasteiger partial charge in [-0.1, -0.05) is 39.8 Å². The molecule has 0 bridgehead atoms. The van der Waals surface area contributed by atoms with Crippen molar-refractivity contribution in [2.75, 3.05) is 0 Å². The van der Waals surface area contributed by atoms with E-state index in [1.165, 1.54) is 0 Å². The normalized spacial score (nSPS) is 12.8. The zero-order valence-corrected chi connectivity index (χ0v) is 11.8. The first-order chi connectivity index (χ1) is 8.75. The minimum absolute atomic E-state index is 0.00938. The number of carboxylic acid groups (broad SMARTS) is 1. The van der Waals surface area contributed by atoms with Gasteiger partial charge in [0, 0.05) is 0 Å². The molecule has 19 heavy (non-hydrogen) atoms. The Bertz CT molecular complexity index is 454. The molecule has 0 aliphatic rings. The summed E-state index contributed by atoms with van der Waals surface area (Å²) < 4.78 is 4.93. The summed E-state index contributed by atoms with van der Waals surface area (Å²) in [5, 5.41) is 8.84. The van der Waals surface area contributed by atoms with Crippen LogP contribution in [0.2, 0.25) is 0 Å². The van der Waals surface area contributed by atoms with Gasteiger partial charge in [-0.2, -0.15) is 0 Å². The van der Waals surface area contributed by atoms with E-state index in [0.717, 1.165) is 5.56 Å². The molecule has 0 heterocycles. The fraction of sp³-hybridized carbons (Fsp3) is 0.467. The second-order valence-corrected chi connectivity index (χ2v) is 5.47. The van der Waals surface area contributed by atoms with Crippen LogP contribution in [-0.4, -0.2) is 23.1 Å². The van der Waals surface area contributed by atoms with Crippen molar-refractivity contribution in [3.05, 3.63) is 35.4 Å². The number of rotatable bonds is 4. The van der Waals surface area contributed by atoms with Crippen LogP contribution in [0, 0.1) is 0 Å². The van der Waals surface area contributed by atoms with Crippen LogP contribution in [0.5, 0.6) is 0 Å². The summed E-state index contributed by atoms with van der Waals surface area (Å²) in [6, 6.07) is 7.05. The molecule has 1 atom stereocenters. The lowest BCUT2D eigenvalue weighted by molar-refractivity contribution is -0.147. The molecule has 1 rings (SSSR count). The van der Waals surface area contributed by atoms with Gasteiger partial charge in [-0.05, 0) is 29.5 Å². The van der Waals surface area contributed by atoms with Crippen molar-refractivity contribution < 1.29 is 19.4 Å². The Morgan fingerprint density at radius 2 is 1.74 bits per heavy atom. The number of carboxylic acids is 1. The van der Waals surface area contributed by atoms with Crippen molar-refractivity contribution in [1.29, 1.82) is 0 Å². The topological polar surface area (TPSA) is 63.6 Å². The lowest BCUT2D eigenvalue weighted by Gasteiger charge is -2.19. The molecule has 0 saturated carbocycles. The Labute approximate surface area is 113 Å². The molecule has 1 aromatic rings. The van der Waals surface area contributed by atoms with Gasteiger partial charge < -0.3 is 9.84 Å². The summed E-state index contributed by atoms with van der Waals surface area (Å²) in [7, 11) is 0. The second kappa shape index (κ2) is 5.87. The van der Waals surface area contributed by atoms with Crippen molar-refractivity contribution in [2.24, 2.45) is 0 Å². The molecule has 104 valence electrons. The number of carbonyl (C=O) groups is 2. The minimum atomic E-state index is -1.12. The van der Waals surface area contributed by atoms with Crippen molar-refractivity contribution in [3.8, 4) is 0 Å². The molecule has 0 radical (unpaired) electrons. The Morgan fingerprint density at radius 3 is 2.11 bits per heavy atom. The summed E-state index contributed by atoms with van der Waals surface area (Å²) >= 11 is 0. The number of esters is 1. The average Bonchev–Trinajstić information content (AvgIpc) is 2.34. The van der Waals surface area contributed by atoms with Gasteiger partial charge in [0.2, 0.25) is 0 Å². The number of hydrogen-bond donors (Lipinski definition) is 1. The lowest BCUT2D eigenvalue weighted by atomic mass is 9.87. The Hall–Kier alpha value is -1.84. The van der Waals surface area contributed by atoms with Crippen LogP contribution in [-0.2, 0) is 14.9 Å². The predicted octanol–water partition coefficient (Wildman–Crippen LogP) is 3.00. The predicted molar refractivity (Wildman–Crippen MR) is 72.3 cm³/mol. The van der Waals surface area contributed by atoms with Gasteiger partial charge in [0.05, 0.1) is 5.56 Å². The first-order valence-electron chi connectivity index (χ1n) is 6.30. The molecule has 0 aliphatic carbocycles. The van der Waals surface area contributed by atoms with E-state index in [1.54, 1.807) is 19.1 Å². The van der Waals surface area contributed by atoms with Crippen LogP contribution in [0.1, 0.15) is 50.0 Å². The summed E-state index contributed by atoms with van der Waals surface area (Å²) in [6.07, 6.45) is -0.837. The summed E-state index contributed by atoms with van der Waals surface area (Å²) in [4.78, 5) is 22.6. The Morgan fingerprint density at radius 1 is 1.21 bits per heavy atom. The van der Waals surface area contributed by atoms with E-state index in [4.69, 9.17) is 9.84 Å². The smallest absolute Gasteiger partial charge is 0.345 e. The van der Waals surface area contributed by atoms with E-state index in [-0.39, 0.29) is 11.8 Å². The number of aliphatic carboxylic acids is 1. The van der Waals surface area contributed by atoms with Gasteiger partial charge in [0.15, 0.2) is 6.10 Å². The van der Waals surface area contributed by atoms with Crippen LogP contribution in [0.15, 0.2) is 24.3 Å². The molecule has 0 saturated heterocycles. The Kier molecular flexibility index (Phi) is 4.70. The molecular weight excluding hydrogens is 244 g/mol. The SMILES string of the molecule is CCC(OC(=O)c1ccc(C(C)(C)C)cc1)C(=O)O. The van der Waals surface area contributed by atoms with E-state index >= 15 is 0 Å². The third-order valence-corrected chi connectivity index (χ3v) is 2.88. The summed E-state index contributed by atoms with van der Waals surface area (Å²) in [6.45, 7) is 7.91. The maximum absolute atomic E-state index is 11.8. The standard InChI is InChI=1S/C15H20O4/c1-5-12(13(16)17)19-14(18)10-6-8-11(9-7-10)15(2,3)4/h6-9,12H,5H2,1-4H3,(H,16,17). The molecular formula is C15H20O4. The zero-order valence-electron chi connectivity index (χ0n) is 11.8. The molecule has 4 heteroatoms. The van der Waals surface area contributed by atoms with Gasteiger partial charge in [0.1, 0.15) is 0 Å². The van der Waals surface area contributed by atoms with Crippen molar-refractivity contribution in [3.63, 3.8) is 0 Å². The van der Waals surface area contributed by atoms with Crippen molar-refractivity contribution in [2.45, 2.75) is 45.6 Å². The van der Waals surface area contributed by atoms with E-state index in [2.05, 4.69) is 20.8 Å². The third-order valence-electron chi connectivity index (χ3n) is 2.88. The Balaban J connectivity index is 2.81. The van der Waals surface area contributed by atoms with E-state index in [9.17, 15) is 9.59 Å². The van der Waals surface area contributed by atoms with Crippen LogP contribution in [0.25, 0.3) is 0 Å². The highest BCUT2D eigenvalue weighted by Crippen LogP contribution is 2.22. The highest BCUT2D eigenvalue weighted by molar-refractivity contribution is 5.91. The molecule has 0 spiro atoms. The van der Waals surface area contributed by atoms with Crippen LogP contribution in [0.4, 0.5) is 0 Å². The molecule has 0 aromatic heterocycles. The maximum atomic E-state index is 11.8. The second-order valence-electron chi connectivity index (χ2n) is 5.47. The molecule has 4 nitrogen and oxygen atoms in total. The first-order valence-corrected chi connectivity index (χ1v) is 6.30. The quantitative estimate of drug-likeness (QED) is 0.849. The van der Waals surface area contributed by atoms with Crippen molar-refractivity contribution in [1.82, 2.24) is 0 Å². The number of benzene rings is 1. The van der Waals surface area contributed by atoms with Crippen LogP contribution >= 0.6 is 0 Å². The largest absolute Gasteiger partial charge is 0.479 e. The number of ether oxygens (including phenoxy) is 1. The molecule has 0 amide bonds. The lowest BCUT2D eigenvalue weighted by Crippen LogP contribution is -2.26. The van der Waals surface area contributed by atoms with Gasteiger partial charge in [-0.15, -0.1) is 0 Å². The average molecular weight is 264 g/mol. The van der Waals surface area contributed by atoms with Crippen LogP contribution in [0.3, 0.4) is 0 Å². The van der Waals surface area contributed by atoms with Gasteiger partial charge in [-0.25, -0.2) is 9.59 Å².